The summed E-state index contributed by atoms with van der Waals surface area (Å²) in [5.41, 5.74) is 4.79. The first-order chi connectivity index (χ1) is 13.5. The van der Waals surface area contributed by atoms with Crippen molar-refractivity contribution in [1.29, 1.82) is 0 Å². The van der Waals surface area contributed by atoms with Gasteiger partial charge in [-0.15, -0.1) is 0 Å². The van der Waals surface area contributed by atoms with Gasteiger partial charge in [0.1, 0.15) is 6.61 Å². The van der Waals surface area contributed by atoms with Crippen LogP contribution in [0.4, 0.5) is 10.5 Å². The van der Waals surface area contributed by atoms with Gasteiger partial charge < -0.3 is 9.84 Å². The second-order valence-corrected chi connectivity index (χ2v) is 7.69. The van der Waals surface area contributed by atoms with Gasteiger partial charge >= 0.3 is 12.1 Å². The summed E-state index contributed by atoms with van der Waals surface area (Å²) in [7, 11) is 0. The summed E-state index contributed by atoms with van der Waals surface area (Å²) in [6.07, 6.45) is -0.675. The lowest BCUT2D eigenvalue weighted by Crippen LogP contribution is -2.19. The van der Waals surface area contributed by atoms with E-state index in [0.717, 1.165) is 25.8 Å². The van der Waals surface area contributed by atoms with Crippen LogP contribution in [0, 0.1) is 3.57 Å². The lowest BCUT2D eigenvalue weighted by Gasteiger charge is -2.15. The molecule has 0 fully saturated rings. The summed E-state index contributed by atoms with van der Waals surface area (Å²) in [6.45, 7) is 0.173. The third kappa shape index (κ3) is 3.47. The van der Waals surface area contributed by atoms with Gasteiger partial charge in [-0.2, -0.15) is 0 Å². The van der Waals surface area contributed by atoms with Crippen molar-refractivity contribution in [3.63, 3.8) is 0 Å². The van der Waals surface area contributed by atoms with Crippen LogP contribution in [-0.4, -0.2) is 23.8 Å². The standard InChI is InChI=1S/C22H16INO4/c23-13-9-10-18(21(25)26)20(11-13)24-22(27)28-12-19-16-7-3-1-5-14(16)15-6-2-4-8-17(15)19/h1-11,19H,12H2,(H,24,27)(H,25,26). The molecule has 0 bridgehead atoms. The maximum atomic E-state index is 12.4. The number of ether oxygens (including phenoxy) is 1. The third-order valence-corrected chi connectivity index (χ3v) is 5.46. The van der Waals surface area contributed by atoms with Gasteiger partial charge in [0.25, 0.3) is 0 Å². The van der Waals surface area contributed by atoms with Crippen LogP contribution in [0.3, 0.4) is 0 Å². The number of fused-ring (bicyclic) bond motifs is 3. The summed E-state index contributed by atoms with van der Waals surface area (Å²) >= 11 is 2.06. The van der Waals surface area contributed by atoms with Crippen molar-refractivity contribution >= 4 is 40.3 Å². The first-order valence-electron chi connectivity index (χ1n) is 8.69. The van der Waals surface area contributed by atoms with Crippen molar-refractivity contribution in [3.8, 4) is 11.1 Å². The van der Waals surface area contributed by atoms with Crippen LogP contribution in [0.25, 0.3) is 11.1 Å². The molecule has 0 unspecified atom stereocenters. The van der Waals surface area contributed by atoms with E-state index in [9.17, 15) is 14.7 Å². The number of hydrogen-bond acceptors (Lipinski definition) is 3. The van der Waals surface area contributed by atoms with Crippen LogP contribution in [0.2, 0.25) is 0 Å². The minimum absolute atomic E-state index is 0.0222. The Morgan fingerprint density at radius 3 is 2.18 bits per heavy atom. The maximum Gasteiger partial charge on any atom is 0.411 e. The Bertz CT molecular complexity index is 1030. The Balaban J connectivity index is 1.52. The number of halogens is 1. The molecule has 0 aromatic heterocycles. The Hall–Kier alpha value is -2.87. The molecule has 1 aliphatic rings. The minimum Gasteiger partial charge on any atom is -0.478 e. The fourth-order valence-electron chi connectivity index (χ4n) is 3.55. The number of benzene rings is 3. The first-order valence-corrected chi connectivity index (χ1v) is 9.77. The van der Waals surface area contributed by atoms with Crippen molar-refractivity contribution < 1.29 is 19.4 Å². The smallest absolute Gasteiger partial charge is 0.411 e. The first kappa shape index (κ1) is 18.5. The van der Waals surface area contributed by atoms with E-state index in [4.69, 9.17) is 4.74 Å². The predicted molar refractivity (Wildman–Crippen MR) is 115 cm³/mol. The number of anilines is 1. The highest BCUT2D eigenvalue weighted by atomic mass is 127. The number of amides is 1. The SMILES string of the molecule is O=C(Nc1cc(I)ccc1C(=O)O)OCC1c2ccccc2-c2ccccc21. The largest absolute Gasteiger partial charge is 0.478 e. The molecular formula is C22H16INO4. The monoisotopic (exact) mass is 485 g/mol. The Kier molecular flexibility index (Phi) is 5.04. The number of aromatic carboxylic acids is 1. The highest BCUT2D eigenvalue weighted by molar-refractivity contribution is 14.1. The summed E-state index contributed by atoms with van der Waals surface area (Å²) in [5, 5.41) is 11.9. The molecule has 0 radical (unpaired) electrons. The molecule has 3 aromatic rings. The summed E-state index contributed by atoms with van der Waals surface area (Å²) < 4.78 is 6.29. The zero-order chi connectivity index (χ0) is 19.7. The zero-order valence-corrected chi connectivity index (χ0v) is 16.8. The lowest BCUT2D eigenvalue weighted by atomic mass is 9.98. The van der Waals surface area contributed by atoms with Gasteiger partial charge in [0.05, 0.1) is 11.3 Å². The van der Waals surface area contributed by atoms with Crippen molar-refractivity contribution in [2.45, 2.75) is 5.92 Å². The van der Waals surface area contributed by atoms with E-state index >= 15 is 0 Å². The van der Waals surface area contributed by atoms with E-state index in [1.807, 2.05) is 36.4 Å². The van der Waals surface area contributed by atoms with Crippen LogP contribution in [-0.2, 0) is 4.74 Å². The topological polar surface area (TPSA) is 75.6 Å². The number of carboxylic acid groups (broad SMARTS) is 1. The zero-order valence-electron chi connectivity index (χ0n) is 14.7. The number of nitrogens with one attached hydrogen (secondary N) is 1. The summed E-state index contributed by atoms with van der Waals surface area (Å²) in [4.78, 5) is 23.7. The molecule has 140 valence electrons. The Labute approximate surface area is 175 Å². The fourth-order valence-corrected chi connectivity index (χ4v) is 4.04. The van der Waals surface area contributed by atoms with Crippen LogP contribution in [0.5, 0.6) is 0 Å². The molecule has 2 N–H and O–H groups in total. The number of carbonyl (C=O) groups is 2. The van der Waals surface area contributed by atoms with Gasteiger partial charge in [-0.05, 0) is 63.0 Å². The fraction of sp³-hybridized carbons (Fsp3) is 0.0909. The Morgan fingerprint density at radius 2 is 1.57 bits per heavy atom. The number of carboxylic acids is 1. The van der Waals surface area contributed by atoms with E-state index in [0.29, 0.717) is 0 Å². The van der Waals surface area contributed by atoms with Crippen LogP contribution in [0.1, 0.15) is 27.4 Å². The second-order valence-electron chi connectivity index (χ2n) is 6.45. The normalized spacial score (nSPS) is 12.2. The van der Waals surface area contributed by atoms with E-state index in [1.54, 1.807) is 12.1 Å². The second kappa shape index (κ2) is 7.63. The van der Waals surface area contributed by atoms with Gasteiger partial charge in [-0.3, -0.25) is 5.32 Å². The quantitative estimate of drug-likeness (QED) is 0.489. The van der Waals surface area contributed by atoms with Gasteiger partial charge in [-0.1, -0.05) is 48.5 Å². The third-order valence-electron chi connectivity index (χ3n) is 4.79. The molecule has 0 spiro atoms. The molecule has 4 rings (SSSR count). The molecular weight excluding hydrogens is 469 g/mol. The van der Waals surface area contributed by atoms with Crippen molar-refractivity contribution in [2.75, 3.05) is 11.9 Å². The Morgan fingerprint density at radius 1 is 0.964 bits per heavy atom. The van der Waals surface area contributed by atoms with Gasteiger partial charge in [-0.25, -0.2) is 9.59 Å². The number of hydrogen-bond donors (Lipinski definition) is 2. The highest BCUT2D eigenvalue weighted by Gasteiger charge is 2.29. The molecule has 3 aromatic carbocycles. The van der Waals surface area contributed by atoms with Gasteiger partial charge in [0, 0.05) is 9.49 Å². The van der Waals surface area contributed by atoms with E-state index in [-0.39, 0.29) is 23.8 Å². The van der Waals surface area contributed by atoms with E-state index < -0.39 is 12.1 Å². The molecule has 0 heterocycles. The molecule has 1 aliphatic carbocycles. The van der Waals surface area contributed by atoms with Gasteiger partial charge in [0.15, 0.2) is 0 Å². The molecule has 5 nitrogen and oxygen atoms in total. The van der Waals surface area contributed by atoms with Crippen LogP contribution < -0.4 is 5.32 Å². The van der Waals surface area contributed by atoms with Crippen LogP contribution in [0.15, 0.2) is 66.7 Å². The molecule has 6 heteroatoms. The predicted octanol–water partition coefficient (Wildman–Crippen LogP) is 5.35. The summed E-state index contributed by atoms with van der Waals surface area (Å²) in [5.74, 6) is -1.15. The van der Waals surface area contributed by atoms with E-state index in [2.05, 4.69) is 40.0 Å². The molecule has 0 atom stereocenters. The van der Waals surface area contributed by atoms with Crippen LogP contribution >= 0.6 is 22.6 Å². The lowest BCUT2D eigenvalue weighted by molar-refractivity contribution is 0.0698. The number of carbonyl (C=O) groups excluding carboxylic acids is 1. The average Bonchev–Trinajstić information content (AvgIpc) is 3.00. The van der Waals surface area contributed by atoms with E-state index in [1.165, 1.54) is 6.07 Å². The molecule has 1 amide bonds. The molecule has 28 heavy (non-hydrogen) atoms. The van der Waals surface area contributed by atoms with Crippen molar-refractivity contribution in [1.82, 2.24) is 0 Å². The number of rotatable bonds is 4. The minimum atomic E-state index is -1.11. The molecule has 0 saturated heterocycles. The highest BCUT2D eigenvalue weighted by Crippen LogP contribution is 2.44. The molecule has 0 aliphatic heterocycles. The average molecular weight is 485 g/mol. The maximum absolute atomic E-state index is 12.4. The van der Waals surface area contributed by atoms with Crippen molar-refractivity contribution in [3.05, 3.63) is 87.0 Å². The molecule has 0 saturated carbocycles. The summed E-state index contributed by atoms with van der Waals surface area (Å²) in [6, 6.07) is 20.9. The van der Waals surface area contributed by atoms with Crippen molar-refractivity contribution in [2.24, 2.45) is 0 Å². The van der Waals surface area contributed by atoms with Gasteiger partial charge in [0.2, 0.25) is 0 Å².